The molecule has 0 spiro atoms. The lowest BCUT2D eigenvalue weighted by Crippen LogP contribution is -2.50. The van der Waals surface area contributed by atoms with Gasteiger partial charge in [-0.3, -0.25) is 9.59 Å². The van der Waals surface area contributed by atoms with Gasteiger partial charge < -0.3 is 10.2 Å². The number of carbonyl (C=O) groups excluding carboxylic acids is 2. The highest BCUT2D eigenvalue weighted by atomic mass is 16.2. The van der Waals surface area contributed by atoms with Gasteiger partial charge in [0.2, 0.25) is 11.8 Å². The smallest absolute Gasteiger partial charge is 0.242 e. The van der Waals surface area contributed by atoms with Gasteiger partial charge in [-0.1, -0.05) is 48.5 Å². The first-order valence-corrected chi connectivity index (χ1v) is 9.98. The third-order valence-electron chi connectivity index (χ3n) is 5.01. The molecule has 0 aliphatic carbocycles. The molecule has 2 aromatic rings. The molecule has 150 valence electrons. The molecule has 0 radical (unpaired) electrons. The molecule has 0 fully saturated rings. The Kier molecular flexibility index (Phi) is 7.80. The summed E-state index contributed by atoms with van der Waals surface area (Å²) < 4.78 is 0. The van der Waals surface area contributed by atoms with E-state index in [1.807, 2.05) is 56.3 Å². The first-order chi connectivity index (χ1) is 13.3. The van der Waals surface area contributed by atoms with Crippen LogP contribution in [-0.2, 0) is 22.4 Å². The van der Waals surface area contributed by atoms with Gasteiger partial charge in [-0.15, -0.1) is 0 Å². The van der Waals surface area contributed by atoms with Crippen LogP contribution in [0.4, 0.5) is 0 Å². The van der Waals surface area contributed by atoms with E-state index >= 15 is 0 Å². The molecule has 1 N–H and O–H groups in total. The number of benzene rings is 2. The molecule has 2 amide bonds. The lowest BCUT2D eigenvalue weighted by molar-refractivity contribution is -0.139. The van der Waals surface area contributed by atoms with E-state index in [2.05, 4.69) is 25.2 Å². The number of amides is 2. The number of rotatable bonds is 8. The maximum absolute atomic E-state index is 13.1. The van der Waals surface area contributed by atoms with Gasteiger partial charge in [-0.25, -0.2) is 0 Å². The van der Waals surface area contributed by atoms with Crippen molar-refractivity contribution in [1.82, 2.24) is 10.2 Å². The van der Waals surface area contributed by atoms with Crippen molar-refractivity contribution in [2.45, 2.75) is 59.5 Å². The minimum Gasteiger partial charge on any atom is -0.352 e. The van der Waals surface area contributed by atoms with Gasteiger partial charge in [0, 0.05) is 12.6 Å². The van der Waals surface area contributed by atoms with Gasteiger partial charge in [0.15, 0.2) is 0 Å². The Balaban J connectivity index is 2.16. The Labute approximate surface area is 169 Å². The van der Waals surface area contributed by atoms with E-state index in [1.165, 1.54) is 11.1 Å². The second-order valence-corrected chi connectivity index (χ2v) is 7.76. The molecule has 0 aliphatic rings. The van der Waals surface area contributed by atoms with Crippen molar-refractivity contribution in [2.75, 3.05) is 6.54 Å². The number of hydrogen-bond donors (Lipinski definition) is 1. The topological polar surface area (TPSA) is 49.4 Å². The van der Waals surface area contributed by atoms with Crippen LogP contribution in [0.5, 0.6) is 0 Å². The first-order valence-electron chi connectivity index (χ1n) is 9.98. The van der Waals surface area contributed by atoms with E-state index in [4.69, 9.17) is 0 Å². The summed E-state index contributed by atoms with van der Waals surface area (Å²) in [4.78, 5) is 27.4. The van der Waals surface area contributed by atoms with Crippen LogP contribution in [-0.4, -0.2) is 35.3 Å². The Morgan fingerprint density at radius 1 is 0.929 bits per heavy atom. The molecule has 1 atom stereocenters. The van der Waals surface area contributed by atoms with Crippen LogP contribution in [0.25, 0.3) is 0 Å². The second-order valence-electron chi connectivity index (χ2n) is 7.76. The summed E-state index contributed by atoms with van der Waals surface area (Å²) in [6.45, 7) is 10.3. The predicted octanol–water partition coefficient (Wildman–Crippen LogP) is 3.83. The zero-order chi connectivity index (χ0) is 20.7. The molecule has 2 aromatic carbocycles. The fourth-order valence-corrected chi connectivity index (χ4v) is 3.16. The summed E-state index contributed by atoms with van der Waals surface area (Å²) in [5.41, 5.74) is 4.52. The van der Waals surface area contributed by atoms with Crippen molar-refractivity contribution in [3.8, 4) is 0 Å². The molecule has 2 rings (SSSR count). The Morgan fingerprint density at radius 3 is 2.21 bits per heavy atom. The lowest BCUT2D eigenvalue weighted by Gasteiger charge is -2.29. The molecule has 28 heavy (non-hydrogen) atoms. The van der Waals surface area contributed by atoms with Crippen LogP contribution in [0.2, 0.25) is 0 Å². The molecular weight excluding hydrogens is 348 g/mol. The monoisotopic (exact) mass is 380 g/mol. The van der Waals surface area contributed by atoms with Crippen LogP contribution < -0.4 is 5.32 Å². The summed E-state index contributed by atoms with van der Waals surface area (Å²) in [7, 11) is 0. The molecule has 0 aliphatic heterocycles. The van der Waals surface area contributed by atoms with Gasteiger partial charge in [0.05, 0.1) is 6.42 Å². The van der Waals surface area contributed by atoms with E-state index in [0.717, 1.165) is 17.5 Å². The minimum absolute atomic E-state index is 0.0226. The number of aryl methyl sites for hydroxylation is 2. The van der Waals surface area contributed by atoms with Crippen LogP contribution >= 0.6 is 0 Å². The molecule has 0 saturated carbocycles. The third-order valence-corrected chi connectivity index (χ3v) is 5.01. The van der Waals surface area contributed by atoms with Crippen molar-refractivity contribution >= 4 is 11.8 Å². The predicted molar refractivity (Wildman–Crippen MR) is 114 cm³/mol. The minimum atomic E-state index is -0.509. The largest absolute Gasteiger partial charge is 0.352 e. The number of carbonyl (C=O) groups is 2. The third kappa shape index (κ3) is 6.22. The Bertz CT molecular complexity index is 800. The van der Waals surface area contributed by atoms with Gasteiger partial charge >= 0.3 is 0 Å². The van der Waals surface area contributed by atoms with Gasteiger partial charge in [-0.2, -0.15) is 0 Å². The average Bonchev–Trinajstić information content (AvgIpc) is 2.65. The molecule has 1 unspecified atom stereocenters. The SMILES string of the molecule is Cc1ccc(CC(=O)N(CCc2ccccc2)C(C)C(=O)NC(C)C)cc1C. The zero-order valence-corrected chi connectivity index (χ0v) is 17.7. The van der Waals surface area contributed by atoms with Crippen molar-refractivity contribution in [1.29, 1.82) is 0 Å². The van der Waals surface area contributed by atoms with E-state index in [9.17, 15) is 9.59 Å². The van der Waals surface area contributed by atoms with Crippen molar-refractivity contribution in [3.05, 3.63) is 70.8 Å². The number of hydrogen-bond acceptors (Lipinski definition) is 2. The van der Waals surface area contributed by atoms with Gasteiger partial charge in [0.1, 0.15) is 6.04 Å². The summed E-state index contributed by atoms with van der Waals surface area (Å²) in [5, 5.41) is 2.92. The fraction of sp³-hybridized carbons (Fsp3) is 0.417. The van der Waals surface area contributed by atoms with Crippen LogP contribution in [0, 0.1) is 13.8 Å². The van der Waals surface area contributed by atoms with E-state index in [1.54, 1.807) is 11.8 Å². The standard InChI is InChI=1S/C24H32N2O2/c1-17(2)25-24(28)20(5)26(14-13-21-9-7-6-8-10-21)23(27)16-22-12-11-18(3)19(4)15-22/h6-12,15,17,20H,13-14,16H2,1-5H3,(H,25,28). The van der Waals surface area contributed by atoms with Gasteiger partial charge in [-0.05, 0) is 63.3 Å². The van der Waals surface area contributed by atoms with E-state index < -0.39 is 6.04 Å². The van der Waals surface area contributed by atoms with E-state index in [-0.39, 0.29) is 17.9 Å². The molecule has 0 aromatic heterocycles. The zero-order valence-electron chi connectivity index (χ0n) is 17.7. The van der Waals surface area contributed by atoms with Crippen LogP contribution in [0.15, 0.2) is 48.5 Å². The van der Waals surface area contributed by atoms with Crippen LogP contribution in [0.1, 0.15) is 43.0 Å². The molecule has 0 heterocycles. The van der Waals surface area contributed by atoms with Crippen molar-refractivity contribution in [2.24, 2.45) is 0 Å². The second kappa shape index (κ2) is 10.1. The Morgan fingerprint density at radius 2 is 1.61 bits per heavy atom. The average molecular weight is 381 g/mol. The highest BCUT2D eigenvalue weighted by molar-refractivity contribution is 5.88. The first kappa shape index (κ1) is 21.7. The number of nitrogens with one attached hydrogen (secondary N) is 1. The summed E-state index contributed by atoms with van der Waals surface area (Å²) in [6, 6.07) is 15.7. The molecule has 0 bridgehead atoms. The molecular formula is C24H32N2O2. The summed E-state index contributed by atoms with van der Waals surface area (Å²) in [5.74, 6) is -0.137. The Hall–Kier alpha value is -2.62. The van der Waals surface area contributed by atoms with Crippen molar-refractivity contribution in [3.63, 3.8) is 0 Å². The van der Waals surface area contributed by atoms with Gasteiger partial charge in [0.25, 0.3) is 0 Å². The summed E-state index contributed by atoms with van der Waals surface area (Å²) in [6.07, 6.45) is 1.02. The normalized spacial score (nSPS) is 11.9. The lowest BCUT2D eigenvalue weighted by atomic mass is 10.0. The number of nitrogens with zero attached hydrogens (tertiary/aromatic N) is 1. The maximum atomic E-state index is 13.1. The molecule has 0 saturated heterocycles. The quantitative estimate of drug-likeness (QED) is 0.757. The summed E-state index contributed by atoms with van der Waals surface area (Å²) >= 11 is 0. The highest BCUT2D eigenvalue weighted by Crippen LogP contribution is 2.13. The van der Waals surface area contributed by atoms with Crippen LogP contribution in [0.3, 0.4) is 0 Å². The molecule has 4 heteroatoms. The molecule has 4 nitrogen and oxygen atoms in total. The van der Waals surface area contributed by atoms with E-state index in [0.29, 0.717) is 13.0 Å². The highest BCUT2D eigenvalue weighted by Gasteiger charge is 2.26. The fourth-order valence-electron chi connectivity index (χ4n) is 3.16. The van der Waals surface area contributed by atoms with Crippen molar-refractivity contribution < 1.29 is 9.59 Å². The maximum Gasteiger partial charge on any atom is 0.242 e.